The van der Waals surface area contributed by atoms with Gasteiger partial charge in [-0.25, -0.2) is 23.5 Å². The number of aromatic nitrogens is 4. The Labute approximate surface area is 156 Å². The number of nitrogens with one attached hydrogen (secondary N) is 1. The lowest BCUT2D eigenvalue weighted by Gasteiger charge is -2.33. The summed E-state index contributed by atoms with van der Waals surface area (Å²) in [5, 5.41) is -0.172. The molecule has 0 amide bonds. The van der Waals surface area contributed by atoms with Crippen molar-refractivity contribution in [2.45, 2.75) is 25.2 Å². The van der Waals surface area contributed by atoms with Gasteiger partial charge in [0.15, 0.2) is 28.3 Å². The predicted molar refractivity (Wildman–Crippen MR) is 95.2 cm³/mol. The minimum absolute atomic E-state index is 0.0670. The average molecular weight is 400 g/mol. The second kappa shape index (κ2) is 7.06. The van der Waals surface area contributed by atoms with Crippen LogP contribution in [-0.4, -0.2) is 44.7 Å². The highest BCUT2D eigenvalue weighted by Crippen LogP contribution is 2.31. The number of H-pyrrole nitrogens is 1. The van der Waals surface area contributed by atoms with Crippen molar-refractivity contribution in [1.29, 1.82) is 0 Å². The first-order valence-electron chi connectivity index (χ1n) is 7.99. The van der Waals surface area contributed by atoms with Crippen LogP contribution in [0.25, 0.3) is 0 Å². The molecule has 0 saturated carbocycles. The number of hydrogen-bond donors (Lipinski definition) is 3. The SMILES string of the molecule is Nc1nc(N)c(C(=O)Cc2[nH]c(=O)ncc2N2CCC(F)(F)CC2)nc1Cl. The van der Waals surface area contributed by atoms with Crippen LogP contribution < -0.4 is 22.1 Å². The van der Waals surface area contributed by atoms with Gasteiger partial charge in [-0.05, 0) is 0 Å². The monoisotopic (exact) mass is 399 g/mol. The Morgan fingerprint density at radius 1 is 1.26 bits per heavy atom. The molecule has 0 aromatic carbocycles. The molecule has 0 spiro atoms. The van der Waals surface area contributed by atoms with Crippen molar-refractivity contribution in [2.75, 3.05) is 29.5 Å². The minimum atomic E-state index is -2.73. The maximum atomic E-state index is 13.4. The molecule has 1 saturated heterocycles. The second-order valence-corrected chi connectivity index (χ2v) is 6.49. The zero-order valence-electron chi connectivity index (χ0n) is 14.0. The van der Waals surface area contributed by atoms with Gasteiger partial charge in [0.25, 0.3) is 5.92 Å². The van der Waals surface area contributed by atoms with Gasteiger partial charge in [-0.1, -0.05) is 11.6 Å². The summed E-state index contributed by atoms with van der Waals surface area (Å²) in [6, 6.07) is 0. The van der Waals surface area contributed by atoms with Crippen molar-refractivity contribution in [3.63, 3.8) is 0 Å². The van der Waals surface area contributed by atoms with E-state index in [9.17, 15) is 18.4 Å². The zero-order chi connectivity index (χ0) is 19.8. The topological polar surface area (TPSA) is 144 Å². The molecule has 9 nitrogen and oxygen atoms in total. The number of alkyl halides is 2. The molecule has 3 rings (SSSR count). The van der Waals surface area contributed by atoms with Crippen LogP contribution in [0.5, 0.6) is 0 Å². The van der Waals surface area contributed by atoms with Crippen molar-refractivity contribution in [3.05, 3.63) is 33.2 Å². The lowest BCUT2D eigenvalue weighted by Crippen LogP contribution is -2.40. The van der Waals surface area contributed by atoms with Crippen LogP contribution in [0.3, 0.4) is 0 Å². The number of rotatable bonds is 4. The molecule has 2 aromatic rings. The molecule has 144 valence electrons. The molecule has 2 aromatic heterocycles. The summed E-state index contributed by atoms with van der Waals surface area (Å²) in [5.74, 6) is -3.60. The van der Waals surface area contributed by atoms with Gasteiger partial charge < -0.3 is 21.4 Å². The maximum Gasteiger partial charge on any atom is 0.345 e. The molecule has 1 aliphatic heterocycles. The summed E-state index contributed by atoms with van der Waals surface area (Å²) < 4.78 is 26.8. The standard InChI is InChI=1S/C15H16ClF2N7O2/c16-11-13(20)24-12(19)10(23-11)9(26)5-7-8(6-21-14(27)22-7)25-3-1-15(17,18)2-4-25/h6H,1-5H2,(H4,19,20,24)(H,21,22,27). The largest absolute Gasteiger partial charge is 0.382 e. The fraction of sp³-hybridized carbons (Fsp3) is 0.400. The number of aromatic amines is 1. The van der Waals surface area contributed by atoms with Crippen molar-refractivity contribution in [2.24, 2.45) is 0 Å². The van der Waals surface area contributed by atoms with Gasteiger partial charge in [-0.15, -0.1) is 0 Å². The highest BCUT2D eigenvalue weighted by Gasteiger charge is 2.35. The lowest BCUT2D eigenvalue weighted by atomic mass is 10.0. The highest BCUT2D eigenvalue weighted by atomic mass is 35.5. The Hall–Kier alpha value is -2.82. The van der Waals surface area contributed by atoms with Crippen LogP contribution in [0.2, 0.25) is 5.15 Å². The predicted octanol–water partition coefficient (Wildman–Crippen LogP) is 1.04. The summed E-state index contributed by atoms with van der Waals surface area (Å²) >= 11 is 5.78. The van der Waals surface area contributed by atoms with Crippen LogP contribution >= 0.6 is 11.6 Å². The van der Waals surface area contributed by atoms with Gasteiger partial charge in [-0.2, -0.15) is 4.98 Å². The molecule has 0 atom stereocenters. The second-order valence-electron chi connectivity index (χ2n) is 6.13. The third kappa shape index (κ3) is 4.13. The number of carbonyl (C=O) groups excluding carboxylic acids is 1. The molecule has 0 radical (unpaired) electrons. The third-order valence-electron chi connectivity index (χ3n) is 4.21. The third-order valence-corrected chi connectivity index (χ3v) is 4.49. The van der Waals surface area contributed by atoms with Crippen molar-refractivity contribution >= 4 is 34.7 Å². The van der Waals surface area contributed by atoms with Crippen molar-refractivity contribution in [3.8, 4) is 0 Å². The number of hydrogen-bond acceptors (Lipinski definition) is 8. The average Bonchev–Trinajstić information content (AvgIpc) is 2.59. The Bertz CT molecular complexity index is 940. The number of Topliss-reactive ketones (excluding diaryl/α,β-unsaturated/α-hetero) is 1. The molecule has 1 aliphatic rings. The number of carbonyl (C=O) groups is 1. The maximum absolute atomic E-state index is 13.4. The van der Waals surface area contributed by atoms with Crippen molar-refractivity contribution < 1.29 is 13.6 Å². The first-order valence-corrected chi connectivity index (χ1v) is 8.37. The summed E-state index contributed by atoms with van der Waals surface area (Å²) in [4.78, 5) is 39.5. The Kier molecular flexibility index (Phi) is 4.96. The van der Waals surface area contributed by atoms with E-state index in [-0.39, 0.29) is 60.5 Å². The lowest BCUT2D eigenvalue weighted by molar-refractivity contribution is -0.0221. The van der Waals surface area contributed by atoms with Crippen LogP contribution in [0.1, 0.15) is 29.0 Å². The van der Waals surface area contributed by atoms with Gasteiger partial charge in [-0.3, -0.25) is 4.79 Å². The molecular formula is C15H16ClF2N7O2. The van der Waals surface area contributed by atoms with E-state index in [0.717, 1.165) is 0 Å². The van der Waals surface area contributed by atoms with Gasteiger partial charge in [0, 0.05) is 25.9 Å². The molecular weight excluding hydrogens is 384 g/mol. The molecule has 12 heteroatoms. The zero-order valence-corrected chi connectivity index (χ0v) is 14.8. The van der Waals surface area contributed by atoms with Crippen LogP contribution in [0.4, 0.5) is 26.1 Å². The molecule has 5 N–H and O–H groups in total. The van der Waals surface area contributed by atoms with Gasteiger partial charge in [0.05, 0.1) is 24.0 Å². The molecule has 0 unspecified atom stereocenters. The molecule has 27 heavy (non-hydrogen) atoms. The number of ketones is 1. The van der Waals surface area contributed by atoms with E-state index in [1.54, 1.807) is 4.90 Å². The molecule has 0 bridgehead atoms. The Morgan fingerprint density at radius 3 is 2.59 bits per heavy atom. The Morgan fingerprint density at radius 2 is 1.93 bits per heavy atom. The quantitative estimate of drug-likeness (QED) is 0.647. The van der Waals surface area contributed by atoms with E-state index in [0.29, 0.717) is 5.69 Å². The smallest absolute Gasteiger partial charge is 0.345 e. The van der Waals surface area contributed by atoms with E-state index < -0.39 is 17.4 Å². The minimum Gasteiger partial charge on any atom is -0.382 e. The molecule has 1 fully saturated rings. The van der Waals surface area contributed by atoms with E-state index >= 15 is 0 Å². The first-order chi connectivity index (χ1) is 12.7. The number of nitrogens with two attached hydrogens (primary N) is 2. The van der Waals surface area contributed by atoms with Crippen LogP contribution in [-0.2, 0) is 6.42 Å². The van der Waals surface area contributed by atoms with Crippen LogP contribution in [0.15, 0.2) is 11.0 Å². The normalized spacial score (nSPS) is 16.3. The first kappa shape index (κ1) is 19.0. The van der Waals surface area contributed by atoms with Gasteiger partial charge in [0.2, 0.25) is 0 Å². The van der Waals surface area contributed by atoms with E-state index in [1.165, 1.54) is 6.20 Å². The highest BCUT2D eigenvalue weighted by molar-refractivity contribution is 6.31. The number of anilines is 3. The Balaban J connectivity index is 1.89. The van der Waals surface area contributed by atoms with Gasteiger partial charge in [0.1, 0.15) is 0 Å². The summed E-state index contributed by atoms with van der Waals surface area (Å²) in [6.45, 7) is 0.134. The van der Waals surface area contributed by atoms with E-state index in [4.69, 9.17) is 23.1 Å². The number of halogens is 3. The number of nitrogens with zero attached hydrogens (tertiary/aromatic N) is 4. The number of piperidine rings is 1. The molecule has 0 aliphatic carbocycles. The summed E-state index contributed by atoms with van der Waals surface area (Å²) in [5.41, 5.74) is 10.9. The fourth-order valence-corrected chi connectivity index (χ4v) is 2.92. The molecule has 3 heterocycles. The fourth-order valence-electron chi connectivity index (χ4n) is 2.80. The van der Waals surface area contributed by atoms with E-state index in [2.05, 4.69) is 19.9 Å². The van der Waals surface area contributed by atoms with Gasteiger partial charge >= 0.3 is 5.69 Å². The van der Waals surface area contributed by atoms with Crippen molar-refractivity contribution in [1.82, 2.24) is 19.9 Å². The van der Waals surface area contributed by atoms with Crippen LogP contribution in [0, 0.1) is 0 Å². The summed E-state index contributed by atoms with van der Waals surface area (Å²) in [7, 11) is 0. The number of nitrogen functional groups attached to an aromatic ring is 2. The van der Waals surface area contributed by atoms with E-state index in [1.807, 2.05) is 0 Å². The summed E-state index contributed by atoms with van der Waals surface area (Å²) in [6.07, 6.45) is 0.312.